The molecule has 1 nitrogen and oxygen atoms in total. The molecule has 2 fully saturated rings. The topological polar surface area (TPSA) is 20.2 Å². The lowest BCUT2D eigenvalue weighted by molar-refractivity contribution is 0.151. The van der Waals surface area contributed by atoms with Crippen molar-refractivity contribution in [3.05, 3.63) is 11.6 Å². The summed E-state index contributed by atoms with van der Waals surface area (Å²) in [4.78, 5) is 0. The highest BCUT2D eigenvalue weighted by Gasteiger charge is 2.40. The molecule has 0 aromatic rings. The van der Waals surface area contributed by atoms with Gasteiger partial charge >= 0.3 is 0 Å². The van der Waals surface area contributed by atoms with Gasteiger partial charge in [-0.05, 0) is 68.3 Å². The zero-order valence-electron chi connectivity index (χ0n) is 9.49. The van der Waals surface area contributed by atoms with Crippen molar-refractivity contribution in [2.75, 3.05) is 0 Å². The lowest BCUT2D eigenvalue weighted by Gasteiger charge is -2.24. The van der Waals surface area contributed by atoms with Crippen LogP contribution in [0.1, 0.15) is 51.4 Å². The maximum Gasteiger partial charge on any atom is 0.0752 e. The van der Waals surface area contributed by atoms with E-state index in [9.17, 15) is 5.11 Å². The molecular formula is C14H22O. The fraction of sp³-hybridized carbons (Fsp3) is 0.857. The maximum absolute atomic E-state index is 10.2. The molecule has 1 heteroatoms. The van der Waals surface area contributed by atoms with Crippen LogP contribution in [-0.2, 0) is 0 Å². The summed E-state index contributed by atoms with van der Waals surface area (Å²) >= 11 is 0. The summed E-state index contributed by atoms with van der Waals surface area (Å²) in [6.07, 6.45) is 12.7. The summed E-state index contributed by atoms with van der Waals surface area (Å²) in [5, 5.41) is 10.2. The standard InChI is InChI=1S/C14H22O/c15-14(11-3-1-2-4-11)9-13-8-10-5-6-12(13)7-10/h3,10,12-15H,1-2,4-9H2. The van der Waals surface area contributed by atoms with Gasteiger partial charge in [0.05, 0.1) is 6.10 Å². The van der Waals surface area contributed by atoms with E-state index in [0.717, 1.165) is 30.6 Å². The van der Waals surface area contributed by atoms with Crippen LogP contribution in [-0.4, -0.2) is 11.2 Å². The molecule has 0 aromatic carbocycles. The van der Waals surface area contributed by atoms with Gasteiger partial charge in [0.1, 0.15) is 0 Å². The zero-order chi connectivity index (χ0) is 10.3. The third-order valence-corrected chi connectivity index (χ3v) is 4.91. The van der Waals surface area contributed by atoms with Gasteiger partial charge in [-0.2, -0.15) is 0 Å². The van der Waals surface area contributed by atoms with Crippen LogP contribution in [0.5, 0.6) is 0 Å². The van der Waals surface area contributed by atoms with Crippen molar-refractivity contribution in [3.63, 3.8) is 0 Å². The van der Waals surface area contributed by atoms with Crippen LogP contribution >= 0.6 is 0 Å². The number of fused-ring (bicyclic) bond motifs is 2. The van der Waals surface area contributed by atoms with Crippen LogP contribution in [0.25, 0.3) is 0 Å². The molecule has 4 atom stereocenters. The second-order valence-corrected chi connectivity index (χ2v) is 5.86. The molecule has 0 aliphatic heterocycles. The van der Waals surface area contributed by atoms with Crippen molar-refractivity contribution >= 4 is 0 Å². The third-order valence-electron chi connectivity index (χ3n) is 4.91. The smallest absolute Gasteiger partial charge is 0.0752 e. The molecule has 4 unspecified atom stereocenters. The molecule has 0 amide bonds. The molecule has 84 valence electrons. The summed E-state index contributed by atoms with van der Waals surface area (Å²) in [5.41, 5.74) is 1.35. The van der Waals surface area contributed by atoms with Gasteiger partial charge in [-0.1, -0.05) is 12.5 Å². The fourth-order valence-electron chi connectivity index (χ4n) is 4.10. The first-order valence-corrected chi connectivity index (χ1v) is 6.70. The fourth-order valence-corrected chi connectivity index (χ4v) is 4.10. The maximum atomic E-state index is 10.2. The predicted octanol–water partition coefficient (Wildman–Crippen LogP) is 3.28. The minimum absolute atomic E-state index is 0.100. The molecule has 0 spiro atoms. The van der Waals surface area contributed by atoms with Gasteiger partial charge in [0.25, 0.3) is 0 Å². The Labute approximate surface area is 92.6 Å². The van der Waals surface area contributed by atoms with E-state index in [1.165, 1.54) is 44.1 Å². The summed E-state index contributed by atoms with van der Waals surface area (Å²) < 4.78 is 0. The van der Waals surface area contributed by atoms with Crippen molar-refractivity contribution in [1.82, 2.24) is 0 Å². The van der Waals surface area contributed by atoms with E-state index in [-0.39, 0.29) is 6.10 Å². The van der Waals surface area contributed by atoms with Crippen LogP contribution in [0, 0.1) is 17.8 Å². The lowest BCUT2D eigenvalue weighted by atomic mass is 9.83. The second-order valence-electron chi connectivity index (χ2n) is 5.86. The molecule has 3 aliphatic rings. The van der Waals surface area contributed by atoms with E-state index in [0.29, 0.717) is 0 Å². The molecule has 3 rings (SSSR count). The quantitative estimate of drug-likeness (QED) is 0.703. The van der Waals surface area contributed by atoms with Crippen molar-refractivity contribution in [2.45, 2.75) is 57.5 Å². The highest BCUT2D eigenvalue weighted by atomic mass is 16.3. The van der Waals surface area contributed by atoms with Crippen molar-refractivity contribution in [3.8, 4) is 0 Å². The highest BCUT2D eigenvalue weighted by molar-refractivity contribution is 5.13. The first-order valence-electron chi connectivity index (χ1n) is 6.70. The first-order chi connectivity index (χ1) is 7.33. The Balaban J connectivity index is 1.56. The van der Waals surface area contributed by atoms with Gasteiger partial charge in [-0.3, -0.25) is 0 Å². The van der Waals surface area contributed by atoms with Crippen molar-refractivity contribution in [2.24, 2.45) is 17.8 Å². The number of aliphatic hydroxyl groups excluding tert-OH is 1. The molecule has 0 aromatic heterocycles. The van der Waals surface area contributed by atoms with Crippen molar-refractivity contribution in [1.29, 1.82) is 0 Å². The molecule has 2 bridgehead atoms. The van der Waals surface area contributed by atoms with E-state index in [4.69, 9.17) is 0 Å². The van der Waals surface area contributed by atoms with E-state index in [1.54, 1.807) is 0 Å². The summed E-state index contributed by atoms with van der Waals surface area (Å²) in [6, 6.07) is 0. The molecule has 2 saturated carbocycles. The minimum Gasteiger partial charge on any atom is -0.389 e. The van der Waals surface area contributed by atoms with E-state index < -0.39 is 0 Å². The monoisotopic (exact) mass is 206 g/mol. The Morgan fingerprint density at radius 1 is 1.33 bits per heavy atom. The normalized spacial score (nSPS) is 40.9. The average Bonchev–Trinajstić information content (AvgIpc) is 2.95. The summed E-state index contributed by atoms with van der Waals surface area (Å²) in [5.74, 6) is 2.83. The third kappa shape index (κ3) is 1.87. The number of allylic oxidation sites excluding steroid dienone is 1. The molecule has 1 N–H and O–H groups in total. The molecule has 0 saturated heterocycles. The zero-order valence-corrected chi connectivity index (χ0v) is 9.49. The lowest BCUT2D eigenvalue weighted by Crippen LogP contribution is -2.19. The number of hydrogen-bond acceptors (Lipinski definition) is 1. The van der Waals surface area contributed by atoms with E-state index >= 15 is 0 Å². The first kappa shape index (κ1) is 9.89. The number of rotatable bonds is 3. The van der Waals surface area contributed by atoms with E-state index in [2.05, 4.69) is 6.08 Å². The van der Waals surface area contributed by atoms with E-state index in [1.807, 2.05) is 0 Å². The molecular weight excluding hydrogens is 184 g/mol. The van der Waals surface area contributed by atoms with Crippen LogP contribution in [0.15, 0.2) is 11.6 Å². The Kier molecular flexibility index (Phi) is 2.59. The number of hydrogen-bond donors (Lipinski definition) is 1. The second kappa shape index (κ2) is 3.93. The SMILES string of the molecule is OC(CC1CC2CCC1C2)C1=CCCC1. The Hall–Kier alpha value is -0.300. The van der Waals surface area contributed by atoms with Gasteiger partial charge in [0.15, 0.2) is 0 Å². The Bertz CT molecular complexity index is 269. The summed E-state index contributed by atoms with van der Waals surface area (Å²) in [6.45, 7) is 0. The minimum atomic E-state index is -0.100. The molecule has 0 heterocycles. The van der Waals surface area contributed by atoms with Gasteiger partial charge in [0, 0.05) is 0 Å². The van der Waals surface area contributed by atoms with Gasteiger partial charge in [-0.15, -0.1) is 0 Å². The van der Waals surface area contributed by atoms with Crippen molar-refractivity contribution < 1.29 is 5.11 Å². The molecule has 0 radical (unpaired) electrons. The highest BCUT2D eigenvalue weighted by Crippen LogP contribution is 2.50. The van der Waals surface area contributed by atoms with Gasteiger partial charge in [0.2, 0.25) is 0 Å². The van der Waals surface area contributed by atoms with Gasteiger partial charge < -0.3 is 5.11 Å². The Morgan fingerprint density at radius 3 is 2.87 bits per heavy atom. The Morgan fingerprint density at radius 2 is 2.27 bits per heavy atom. The molecule has 15 heavy (non-hydrogen) atoms. The number of aliphatic hydroxyl groups is 1. The van der Waals surface area contributed by atoms with Crippen LogP contribution < -0.4 is 0 Å². The van der Waals surface area contributed by atoms with Crippen LogP contribution in [0.3, 0.4) is 0 Å². The molecule has 3 aliphatic carbocycles. The largest absolute Gasteiger partial charge is 0.389 e. The van der Waals surface area contributed by atoms with Crippen LogP contribution in [0.2, 0.25) is 0 Å². The van der Waals surface area contributed by atoms with Gasteiger partial charge in [-0.25, -0.2) is 0 Å². The average molecular weight is 206 g/mol. The predicted molar refractivity (Wildman–Crippen MR) is 61.5 cm³/mol. The summed E-state index contributed by atoms with van der Waals surface area (Å²) in [7, 11) is 0. The van der Waals surface area contributed by atoms with Crippen LogP contribution in [0.4, 0.5) is 0 Å².